The molecule has 1 atom stereocenters. The van der Waals surface area contributed by atoms with Gasteiger partial charge in [-0.15, -0.1) is 0 Å². The number of carbonyl (C=O) groups excluding carboxylic acids is 1. The summed E-state index contributed by atoms with van der Waals surface area (Å²) in [5.74, 6) is -0.612. The van der Waals surface area contributed by atoms with Crippen molar-refractivity contribution in [2.75, 3.05) is 26.7 Å². The van der Waals surface area contributed by atoms with Gasteiger partial charge in [0.05, 0.1) is 17.2 Å². The Labute approximate surface area is 164 Å². The summed E-state index contributed by atoms with van der Waals surface area (Å²) in [5, 5.41) is 5.99. The first-order valence-electron chi connectivity index (χ1n) is 9.36. The summed E-state index contributed by atoms with van der Waals surface area (Å²) in [6.07, 6.45) is 2.93. The molecule has 0 radical (unpaired) electrons. The van der Waals surface area contributed by atoms with Crippen LogP contribution in [0, 0.1) is 5.82 Å². The molecule has 1 amide bonds. The number of nitrogens with zero attached hydrogens (tertiary/aromatic N) is 1. The van der Waals surface area contributed by atoms with Crippen molar-refractivity contribution in [3.8, 4) is 0 Å². The second-order valence-electron chi connectivity index (χ2n) is 7.37. The number of amides is 1. The molecule has 2 heterocycles. The summed E-state index contributed by atoms with van der Waals surface area (Å²) in [7, 11) is 1.75. The lowest BCUT2D eigenvalue weighted by Crippen LogP contribution is -2.40. The number of piperidine rings is 1. The van der Waals surface area contributed by atoms with E-state index in [4.69, 9.17) is 16.3 Å². The minimum Gasteiger partial charge on any atom is -0.381 e. The molecule has 3 rings (SSSR count). The van der Waals surface area contributed by atoms with Crippen LogP contribution in [-0.2, 0) is 22.6 Å². The SMILES string of the molecule is C=C1CN[C@H](C(=O)NCc2cc(CN3CCC(OC)CC3)cc(Cl)c2F)C1. The molecular formula is C20H27ClFN3O2. The number of ether oxygens (including phenoxy) is 1. The van der Waals surface area contributed by atoms with Crippen LogP contribution in [0.25, 0.3) is 0 Å². The normalized spacial score (nSPS) is 21.6. The van der Waals surface area contributed by atoms with E-state index in [9.17, 15) is 9.18 Å². The van der Waals surface area contributed by atoms with Crippen molar-refractivity contribution in [1.29, 1.82) is 0 Å². The van der Waals surface area contributed by atoms with Crippen molar-refractivity contribution in [3.63, 3.8) is 0 Å². The average Bonchev–Trinajstić information content (AvgIpc) is 3.10. The van der Waals surface area contributed by atoms with Crippen LogP contribution in [0.5, 0.6) is 0 Å². The van der Waals surface area contributed by atoms with Crippen molar-refractivity contribution >= 4 is 17.5 Å². The van der Waals surface area contributed by atoms with Gasteiger partial charge in [-0.25, -0.2) is 4.39 Å². The molecule has 2 aliphatic heterocycles. The molecule has 0 unspecified atom stereocenters. The van der Waals surface area contributed by atoms with E-state index >= 15 is 0 Å². The van der Waals surface area contributed by atoms with Gasteiger partial charge in [-0.1, -0.05) is 23.8 Å². The number of carbonyl (C=O) groups is 1. The molecule has 0 spiro atoms. The van der Waals surface area contributed by atoms with Crippen LogP contribution >= 0.6 is 11.6 Å². The summed E-state index contributed by atoms with van der Waals surface area (Å²) in [4.78, 5) is 14.5. The van der Waals surface area contributed by atoms with Gasteiger partial charge in [0, 0.05) is 45.4 Å². The van der Waals surface area contributed by atoms with Gasteiger partial charge in [0.25, 0.3) is 0 Å². The van der Waals surface area contributed by atoms with E-state index in [-0.39, 0.29) is 23.5 Å². The van der Waals surface area contributed by atoms with Gasteiger partial charge >= 0.3 is 0 Å². The van der Waals surface area contributed by atoms with Gasteiger partial charge in [0.1, 0.15) is 5.82 Å². The fourth-order valence-corrected chi connectivity index (χ4v) is 3.94. The highest BCUT2D eigenvalue weighted by atomic mass is 35.5. The third kappa shape index (κ3) is 5.29. The first-order valence-corrected chi connectivity index (χ1v) is 9.73. The molecule has 1 aromatic rings. The van der Waals surface area contributed by atoms with Gasteiger partial charge in [-0.05, 0) is 37.0 Å². The lowest BCUT2D eigenvalue weighted by molar-refractivity contribution is -0.122. The topological polar surface area (TPSA) is 53.6 Å². The maximum absolute atomic E-state index is 14.4. The zero-order valence-corrected chi connectivity index (χ0v) is 16.4. The standard InChI is InChI=1S/C20H27ClFN3O2/c1-13-7-18(23-10-13)20(26)24-11-15-8-14(9-17(21)19(15)22)12-25-5-3-16(27-2)4-6-25/h8-9,16,18,23H,1,3-7,10-12H2,2H3,(H,24,26)/t18-/m0/s1. The van der Waals surface area contributed by atoms with E-state index in [0.29, 0.717) is 31.2 Å². The molecule has 5 nitrogen and oxygen atoms in total. The Morgan fingerprint density at radius 3 is 2.81 bits per heavy atom. The second-order valence-corrected chi connectivity index (χ2v) is 7.77. The predicted octanol–water partition coefficient (Wildman–Crippen LogP) is 2.62. The van der Waals surface area contributed by atoms with Crippen molar-refractivity contribution in [2.24, 2.45) is 0 Å². The Bertz CT molecular complexity index is 705. The fourth-order valence-electron chi connectivity index (χ4n) is 3.68. The molecular weight excluding hydrogens is 369 g/mol. The first kappa shape index (κ1) is 20.3. The molecule has 2 saturated heterocycles. The van der Waals surface area contributed by atoms with Crippen LogP contribution in [0.1, 0.15) is 30.4 Å². The molecule has 0 bridgehead atoms. The smallest absolute Gasteiger partial charge is 0.237 e. The zero-order valence-electron chi connectivity index (χ0n) is 15.7. The van der Waals surface area contributed by atoms with Crippen LogP contribution in [0.15, 0.2) is 24.3 Å². The van der Waals surface area contributed by atoms with Crippen molar-refractivity contribution in [1.82, 2.24) is 15.5 Å². The Hall–Kier alpha value is -1.47. The van der Waals surface area contributed by atoms with E-state index in [1.54, 1.807) is 19.2 Å². The number of nitrogens with one attached hydrogen (secondary N) is 2. The van der Waals surface area contributed by atoms with Gasteiger partial charge < -0.3 is 15.4 Å². The average molecular weight is 396 g/mol. The van der Waals surface area contributed by atoms with E-state index in [1.165, 1.54) is 0 Å². The molecule has 2 N–H and O–H groups in total. The molecule has 0 aliphatic carbocycles. The summed E-state index contributed by atoms with van der Waals surface area (Å²) >= 11 is 6.09. The molecule has 1 aromatic carbocycles. The molecule has 7 heteroatoms. The Morgan fingerprint density at radius 1 is 1.44 bits per heavy atom. The molecule has 0 saturated carbocycles. The van der Waals surface area contributed by atoms with E-state index in [1.807, 2.05) is 0 Å². The van der Waals surface area contributed by atoms with E-state index in [0.717, 1.165) is 37.1 Å². The maximum atomic E-state index is 14.4. The van der Waals surface area contributed by atoms with Crippen LogP contribution in [0.3, 0.4) is 0 Å². The summed E-state index contributed by atoms with van der Waals surface area (Å²) in [5.41, 5.74) is 2.37. The number of methoxy groups -OCH3 is 1. The van der Waals surface area contributed by atoms with Crippen molar-refractivity contribution < 1.29 is 13.9 Å². The quantitative estimate of drug-likeness (QED) is 0.727. The molecule has 0 aromatic heterocycles. The van der Waals surface area contributed by atoms with Crippen molar-refractivity contribution in [3.05, 3.63) is 46.3 Å². The largest absolute Gasteiger partial charge is 0.381 e. The number of hydrogen-bond donors (Lipinski definition) is 2. The monoisotopic (exact) mass is 395 g/mol. The maximum Gasteiger partial charge on any atom is 0.237 e. The van der Waals surface area contributed by atoms with Crippen molar-refractivity contribution in [2.45, 2.75) is 44.5 Å². The number of benzene rings is 1. The third-order valence-corrected chi connectivity index (χ3v) is 5.57. The lowest BCUT2D eigenvalue weighted by Gasteiger charge is -2.31. The molecule has 148 valence electrons. The van der Waals surface area contributed by atoms with Gasteiger partial charge in [0.2, 0.25) is 5.91 Å². The highest BCUT2D eigenvalue weighted by molar-refractivity contribution is 6.30. The predicted molar refractivity (Wildman–Crippen MR) is 104 cm³/mol. The second kappa shape index (κ2) is 9.15. The Balaban J connectivity index is 1.60. The minimum absolute atomic E-state index is 0.0934. The number of hydrogen-bond acceptors (Lipinski definition) is 4. The minimum atomic E-state index is -0.470. The molecule has 2 fully saturated rings. The van der Waals surface area contributed by atoms with Gasteiger partial charge in [0.15, 0.2) is 0 Å². The Morgan fingerprint density at radius 2 is 2.19 bits per heavy atom. The van der Waals surface area contributed by atoms with E-state index < -0.39 is 5.82 Å². The van der Waals surface area contributed by atoms with Crippen LogP contribution < -0.4 is 10.6 Å². The van der Waals surface area contributed by atoms with Crippen LogP contribution in [0.4, 0.5) is 4.39 Å². The number of halogens is 2. The van der Waals surface area contributed by atoms with Gasteiger partial charge in [-0.2, -0.15) is 0 Å². The van der Waals surface area contributed by atoms with Gasteiger partial charge in [-0.3, -0.25) is 9.69 Å². The third-order valence-electron chi connectivity index (χ3n) is 5.30. The fraction of sp³-hybridized carbons (Fsp3) is 0.550. The zero-order chi connectivity index (χ0) is 19.4. The highest BCUT2D eigenvalue weighted by Crippen LogP contribution is 2.23. The lowest BCUT2D eigenvalue weighted by atomic mass is 10.1. The summed E-state index contributed by atoms with van der Waals surface area (Å²) in [6, 6.07) is 3.18. The summed E-state index contributed by atoms with van der Waals surface area (Å²) < 4.78 is 19.8. The van der Waals surface area contributed by atoms with Crippen LogP contribution in [-0.4, -0.2) is 49.7 Å². The first-order chi connectivity index (χ1) is 13.0. The highest BCUT2D eigenvalue weighted by Gasteiger charge is 2.24. The Kier molecular flexibility index (Phi) is 6.87. The summed E-state index contributed by atoms with van der Waals surface area (Å²) in [6.45, 7) is 7.23. The number of rotatable bonds is 6. The molecule has 2 aliphatic rings. The number of likely N-dealkylation sites (tertiary alicyclic amines) is 1. The van der Waals surface area contributed by atoms with Crippen LogP contribution in [0.2, 0.25) is 5.02 Å². The molecule has 27 heavy (non-hydrogen) atoms. The van der Waals surface area contributed by atoms with E-state index in [2.05, 4.69) is 22.1 Å².